The van der Waals surface area contributed by atoms with Crippen molar-refractivity contribution in [3.05, 3.63) is 197 Å². The summed E-state index contributed by atoms with van der Waals surface area (Å²) in [6, 6.07) is 49.2. The molecule has 0 aliphatic heterocycles. The SMILES string of the molecule is CCCCCNc1ccc2c(c1)-c1ccc3c4c(ccc-2c14)C1=CC=C2c4c(c(-c5ccccc5)c5c(cc6c7c(cccc75)C5=C6CCC=C5)c4-c4ccccc4)C4=CC=C3C1C24. The van der Waals surface area contributed by atoms with Crippen LogP contribution < -0.4 is 5.32 Å². The van der Waals surface area contributed by atoms with Crippen molar-refractivity contribution in [3.63, 3.8) is 0 Å². The molecule has 0 saturated heterocycles. The summed E-state index contributed by atoms with van der Waals surface area (Å²) < 4.78 is 0. The third kappa shape index (κ3) is 4.45. The zero-order chi connectivity index (χ0) is 41.8. The molecule has 302 valence electrons. The first-order chi connectivity index (χ1) is 31.8. The summed E-state index contributed by atoms with van der Waals surface area (Å²) in [4.78, 5) is 0. The monoisotopic (exact) mass is 815 g/mol. The number of allylic oxidation sites excluding steroid dienone is 12. The summed E-state index contributed by atoms with van der Waals surface area (Å²) in [6.45, 7) is 3.29. The Morgan fingerprint density at radius 1 is 0.469 bits per heavy atom. The molecule has 0 heterocycles. The van der Waals surface area contributed by atoms with E-state index < -0.39 is 0 Å². The highest BCUT2D eigenvalue weighted by molar-refractivity contribution is 6.31. The molecular formula is C63H45N. The van der Waals surface area contributed by atoms with Crippen LogP contribution in [0.15, 0.2) is 164 Å². The molecule has 8 aromatic rings. The molecule has 0 saturated carbocycles. The highest BCUT2D eigenvalue weighted by atomic mass is 14.9. The fourth-order valence-electron chi connectivity index (χ4n) is 13.5. The van der Waals surface area contributed by atoms with Gasteiger partial charge in [0.2, 0.25) is 0 Å². The number of rotatable bonds is 7. The molecule has 0 radical (unpaired) electrons. The van der Waals surface area contributed by atoms with E-state index in [9.17, 15) is 0 Å². The number of nitrogens with one attached hydrogen (secondary N) is 1. The van der Waals surface area contributed by atoms with Gasteiger partial charge in [0.05, 0.1) is 0 Å². The lowest BCUT2D eigenvalue weighted by atomic mass is 9.62. The summed E-state index contributed by atoms with van der Waals surface area (Å²) in [5.74, 6) is 0.451. The molecule has 2 unspecified atom stereocenters. The van der Waals surface area contributed by atoms with Gasteiger partial charge < -0.3 is 5.32 Å². The van der Waals surface area contributed by atoms with Crippen LogP contribution in [0.2, 0.25) is 0 Å². The van der Waals surface area contributed by atoms with Crippen LogP contribution in [-0.2, 0) is 0 Å². The summed E-state index contributed by atoms with van der Waals surface area (Å²) in [5.41, 5.74) is 29.3. The Hall–Kier alpha value is -7.22. The summed E-state index contributed by atoms with van der Waals surface area (Å²) in [6.07, 6.45) is 20.8. The predicted molar refractivity (Wildman–Crippen MR) is 273 cm³/mol. The van der Waals surface area contributed by atoms with Gasteiger partial charge in [-0.15, -0.1) is 0 Å². The van der Waals surface area contributed by atoms with E-state index in [1.807, 2.05) is 0 Å². The lowest BCUT2D eigenvalue weighted by Gasteiger charge is -2.40. The molecule has 0 bridgehead atoms. The van der Waals surface area contributed by atoms with Gasteiger partial charge >= 0.3 is 0 Å². The first-order valence-electron chi connectivity index (χ1n) is 23.7. The van der Waals surface area contributed by atoms with Crippen LogP contribution in [-0.4, -0.2) is 6.54 Å². The van der Waals surface area contributed by atoms with E-state index in [0.29, 0.717) is 0 Å². The van der Waals surface area contributed by atoms with E-state index in [-0.39, 0.29) is 11.8 Å². The minimum Gasteiger partial charge on any atom is -0.385 e. The molecule has 7 aliphatic rings. The molecule has 1 heteroatoms. The third-order valence-corrected chi connectivity index (χ3v) is 16.0. The molecule has 2 atom stereocenters. The maximum absolute atomic E-state index is 3.73. The van der Waals surface area contributed by atoms with Crippen LogP contribution >= 0.6 is 0 Å². The normalized spacial score (nSPS) is 18.5. The van der Waals surface area contributed by atoms with Gasteiger partial charge in [-0.1, -0.05) is 165 Å². The highest BCUT2D eigenvalue weighted by Gasteiger charge is 2.49. The summed E-state index contributed by atoms with van der Waals surface area (Å²) in [5, 5.41) is 12.1. The van der Waals surface area contributed by atoms with E-state index in [1.165, 1.54) is 169 Å². The molecule has 1 N–H and O–H groups in total. The number of hydrogen-bond donors (Lipinski definition) is 1. The van der Waals surface area contributed by atoms with Gasteiger partial charge in [0.1, 0.15) is 0 Å². The molecule has 1 nitrogen and oxygen atoms in total. The van der Waals surface area contributed by atoms with Gasteiger partial charge in [-0.25, -0.2) is 0 Å². The van der Waals surface area contributed by atoms with Gasteiger partial charge in [-0.05, 0) is 181 Å². The number of hydrogen-bond acceptors (Lipinski definition) is 1. The summed E-state index contributed by atoms with van der Waals surface area (Å²) >= 11 is 0. The van der Waals surface area contributed by atoms with Crippen molar-refractivity contribution in [2.45, 2.75) is 39.0 Å². The standard InChI is InChI=1S/C63H45N/c1-2-3-12-32-64-37-22-23-40-42-24-25-43-45-28-30-49-60-50(31-29-46(59(45)60)44-26-27-47(51(40)33-37)57(42)58(43)44)63-55(36-16-8-5-9-17-36)61-48-21-13-20-41-38-18-10-11-19-39(38)52(56(41)48)34-53(61)54(62(49)63)35-14-6-4-7-15-35/h4-10,13-18,20-31,33-34,59-60,64H,2-3,11-12,19,32H2,1H3. The molecule has 8 aromatic carbocycles. The fraction of sp³-hybridized carbons (Fsp3) is 0.143. The van der Waals surface area contributed by atoms with Gasteiger partial charge in [0.15, 0.2) is 0 Å². The molecule has 64 heavy (non-hydrogen) atoms. The molecule has 7 aliphatic carbocycles. The largest absolute Gasteiger partial charge is 0.385 e. The van der Waals surface area contributed by atoms with Crippen molar-refractivity contribution in [2.75, 3.05) is 11.9 Å². The summed E-state index contributed by atoms with van der Waals surface area (Å²) in [7, 11) is 0. The second-order valence-electron chi connectivity index (χ2n) is 19.0. The molecular weight excluding hydrogens is 771 g/mol. The van der Waals surface area contributed by atoms with Crippen LogP contribution in [0.1, 0.15) is 72.4 Å². The van der Waals surface area contributed by atoms with Crippen LogP contribution in [0.5, 0.6) is 0 Å². The first-order valence-corrected chi connectivity index (χ1v) is 23.7. The lowest BCUT2D eigenvalue weighted by molar-refractivity contribution is 0.742. The number of anilines is 1. The van der Waals surface area contributed by atoms with Crippen LogP contribution in [0.3, 0.4) is 0 Å². The zero-order valence-electron chi connectivity index (χ0n) is 36.0. The Labute approximate surface area is 374 Å². The molecule has 0 fully saturated rings. The van der Waals surface area contributed by atoms with Crippen LogP contribution in [0.25, 0.3) is 110 Å². The van der Waals surface area contributed by atoms with Crippen molar-refractivity contribution >= 4 is 71.4 Å². The average molecular weight is 816 g/mol. The Bertz CT molecular complexity index is 3680. The average Bonchev–Trinajstić information content (AvgIpc) is 3.98. The second kappa shape index (κ2) is 12.9. The highest BCUT2D eigenvalue weighted by Crippen LogP contribution is 2.67. The van der Waals surface area contributed by atoms with Crippen molar-refractivity contribution in [2.24, 2.45) is 11.8 Å². The van der Waals surface area contributed by atoms with Gasteiger partial charge in [0, 0.05) is 24.1 Å². The van der Waals surface area contributed by atoms with Crippen LogP contribution in [0.4, 0.5) is 5.69 Å². The topological polar surface area (TPSA) is 12.0 Å². The van der Waals surface area contributed by atoms with E-state index in [2.05, 4.69) is 176 Å². The fourth-order valence-corrected chi connectivity index (χ4v) is 13.5. The van der Waals surface area contributed by atoms with Crippen molar-refractivity contribution in [1.82, 2.24) is 0 Å². The Kier molecular flexibility index (Phi) is 7.12. The number of fused-ring (bicyclic) bond motifs is 12. The van der Waals surface area contributed by atoms with Crippen LogP contribution in [0, 0.1) is 11.8 Å². The Balaban J connectivity index is 1.01. The minimum atomic E-state index is 0.218. The predicted octanol–water partition coefficient (Wildman–Crippen LogP) is 16.8. The van der Waals surface area contributed by atoms with E-state index in [1.54, 1.807) is 0 Å². The first kappa shape index (κ1) is 35.3. The smallest absolute Gasteiger partial charge is 0.0346 e. The zero-order valence-corrected chi connectivity index (χ0v) is 36.0. The third-order valence-electron chi connectivity index (χ3n) is 16.0. The quantitative estimate of drug-likeness (QED) is 0.125. The molecule has 0 spiro atoms. The van der Waals surface area contributed by atoms with E-state index >= 15 is 0 Å². The van der Waals surface area contributed by atoms with Gasteiger partial charge in [-0.2, -0.15) is 0 Å². The Morgan fingerprint density at radius 3 is 1.86 bits per heavy atom. The number of unbranched alkanes of at least 4 members (excludes halogenated alkanes) is 2. The molecule has 15 rings (SSSR count). The maximum atomic E-state index is 3.73. The lowest BCUT2D eigenvalue weighted by Crippen LogP contribution is -2.25. The van der Waals surface area contributed by atoms with Crippen molar-refractivity contribution in [3.8, 4) is 44.5 Å². The maximum Gasteiger partial charge on any atom is 0.0346 e. The van der Waals surface area contributed by atoms with Crippen molar-refractivity contribution in [1.29, 1.82) is 0 Å². The Morgan fingerprint density at radius 2 is 1.11 bits per heavy atom. The van der Waals surface area contributed by atoms with Crippen molar-refractivity contribution < 1.29 is 0 Å². The molecule has 0 aromatic heterocycles. The number of benzene rings is 8. The second-order valence-corrected chi connectivity index (χ2v) is 19.0. The van der Waals surface area contributed by atoms with Gasteiger partial charge in [-0.3, -0.25) is 0 Å². The van der Waals surface area contributed by atoms with E-state index in [4.69, 9.17) is 0 Å². The van der Waals surface area contributed by atoms with E-state index in [0.717, 1.165) is 19.4 Å². The molecule has 0 amide bonds. The minimum absolute atomic E-state index is 0.218. The van der Waals surface area contributed by atoms with Gasteiger partial charge in [0.25, 0.3) is 0 Å².